The topological polar surface area (TPSA) is 60.6 Å². The van der Waals surface area contributed by atoms with Gasteiger partial charge in [-0.2, -0.15) is 0 Å². The van der Waals surface area contributed by atoms with Crippen LogP contribution >= 0.6 is 0 Å². The van der Waals surface area contributed by atoms with Gasteiger partial charge in [0.1, 0.15) is 12.2 Å². The van der Waals surface area contributed by atoms with Crippen LogP contribution < -0.4 is 5.32 Å². The fourth-order valence-electron chi connectivity index (χ4n) is 1.99. The van der Waals surface area contributed by atoms with Gasteiger partial charge >= 0.3 is 0 Å². The smallest absolute Gasteiger partial charge is 0.134 e. The molecule has 96 valence electrons. The van der Waals surface area contributed by atoms with Crippen molar-refractivity contribution in [2.75, 3.05) is 0 Å². The van der Waals surface area contributed by atoms with Crippen LogP contribution in [0.15, 0.2) is 18.9 Å². The molecule has 0 saturated heterocycles. The van der Waals surface area contributed by atoms with Crippen LogP contribution in [0.1, 0.15) is 24.4 Å². The molecular formula is C12H18N6. The molecule has 0 radical (unpaired) electrons. The lowest BCUT2D eigenvalue weighted by molar-refractivity contribution is 0.590. The first kappa shape index (κ1) is 11.4. The van der Waals surface area contributed by atoms with Crippen molar-refractivity contribution in [3.8, 4) is 0 Å². The molecular weight excluding hydrogens is 228 g/mol. The number of nitrogens with zero attached hydrogens (tertiary/aromatic N) is 5. The van der Waals surface area contributed by atoms with Crippen LogP contribution in [0.25, 0.3) is 0 Å². The second-order valence-electron chi connectivity index (χ2n) is 4.84. The highest BCUT2D eigenvalue weighted by molar-refractivity contribution is 5.00. The molecule has 0 aliphatic heterocycles. The summed E-state index contributed by atoms with van der Waals surface area (Å²) in [5, 5.41) is 11.5. The summed E-state index contributed by atoms with van der Waals surface area (Å²) in [6.07, 6.45) is 9.06. The van der Waals surface area contributed by atoms with Gasteiger partial charge in [0.05, 0.1) is 12.0 Å². The van der Waals surface area contributed by atoms with E-state index in [1.165, 1.54) is 18.5 Å². The van der Waals surface area contributed by atoms with E-state index in [4.69, 9.17) is 0 Å². The zero-order chi connectivity index (χ0) is 12.4. The van der Waals surface area contributed by atoms with Crippen molar-refractivity contribution in [3.63, 3.8) is 0 Å². The van der Waals surface area contributed by atoms with Gasteiger partial charge in [-0.1, -0.05) is 0 Å². The summed E-state index contributed by atoms with van der Waals surface area (Å²) in [5.74, 6) is 1.00. The highest BCUT2D eigenvalue weighted by Gasteiger charge is 2.20. The second kappa shape index (κ2) is 4.89. The number of aryl methyl sites for hydroxylation is 3. The molecule has 1 N–H and O–H groups in total. The zero-order valence-electron chi connectivity index (χ0n) is 10.6. The third-order valence-electron chi connectivity index (χ3n) is 3.33. The monoisotopic (exact) mass is 246 g/mol. The number of hydrogen-bond donors (Lipinski definition) is 1. The molecule has 2 heterocycles. The van der Waals surface area contributed by atoms with Gasteiger partial charge in [0.25, 0.3) is 0 Å². The molecule has 2 aromatic rings. The maximum absolute atomic E-state index is 4.22. The Hall–Kier alpha value is -1.69. The summed E-state index contributed by atoms with van der Waals surface area (Å²) in [6.45, 7) is 1.80. The minimum atomic E-state index is 0.729. The Kier molecular flexibility index (Phi) is 3.10. The highest BCUT2D eigenvalue weighted by Crippen LogP contribution is 2.19. The van der Waals surface area contributed by atoms with E-state index in [0.717, 1.165) is 31.4 Å². The summed E-state index contributed by atoms with van der Waals surface area (Å²) in [7, 11) is 1.97. The Balaban J connectivity index is 1.58. The van der Waals surface area contributed by atoms with E-state index in [2.05, 4.69) is 25.1 Å². The van der Waals surface area contributed by atoms with Crippen LogP contribution in [0.3, 0.4) is 0 Å². The summed E-state index contributed by atoms with van der Waals surface area (Å²) in [5.41, 5.74) is 1.24. The van der Waals surface area contributed by atoms with Crippen molar-refractivity contribution in [3.05, 3.63) is 30.4 Å². The first-order chi connectivity index (χ1) is 8.83. The van der Waals surface area contributed by atoms with Crippen LogP contribution in [-0.4, -0.2) is 30.4 Å². The van der Waals surface area contributed by atoms with E-state index < -0.39 is 0 Å². The minimum absolute atomic E-state index is 0.729. The van der Waals surface area contributed by atoms with Crippen LogP contribution in [0.4, 0.5) is 0 Å². The van der Waals surface area contributed by atoms with Crippen molar-refractivity contribution < 1.29 is 0 Å². The molecule has 3 rings (SSSR count). The van der Waals surface area contributed by atoms with Gasteiger partial charge in [-0.3, -0.25) is 0 Å². The van der Waals surface area contributed by atoms with Gasteiger partial charge in [0.15, 0.2) is 0 Å². The average molecular weight is 246 g/mol. The van der Waals surface area contributed by atoms with Crippen molar-refractivity contribution in [1.29, 1.82) is 0 Å². The van der Waals surface area contributed by atoms with E-state index >= 15 is 0 Å². The van der Waals surface area contributed by atoms with Crippen LogP contribution in [-0.2, 0) is 26.6 Å². The van der Waals surface area contributed by atoms with Gasteiger partial charge in [0, 0.05) is 38.8 Å². The van der Waals surface area contributed by atoms with Crippen molar-refractivity contribution in [1.82, 2.24) is 29.6 Å². The summed E-state index contributed by atoms with van der Waals surface area (Å²) < 4.78 is 4.14. The van der Waals surface area contributed by atoms with E-state index in [1.807, 2.05) is 24.1 Å². The molecule has 0 amide bonds. The van der Waals surface area contributed by atoms with Gasteiger partial charge in [-0.15, -0.1) is 10.2 Å². The lowest BCUT2D eigenvalue weighted by Crippen LogP contribution is -2.18. The van der Waals surface area contributed by atoms with Crippen molar-refractivity contribution >= 4 is 0 Å². The van der Waals surface area contributed by atoms with Crippen LogP contribution in [0.2, 0.25) is 0 Å². The number of nitrogens with one attached hydrogen (secondary N) is 1. The molecule has 1 saturated carbocycles. The van der Waals surface area contributed by atoms with Crippen molar-refractivity contribution in [2.45, 2.75) is 38.4 Å². The summed E-state index contributed by atoms with van der Waals surface area (Å²) in [6, 6.07) is 0.729. The predicted molar refractivity (Wildman–Crippen MR) is 66.8 cm³/mol. The largest absolute Gasteiger partial charge is 0.333 e. The first-order valence-corrected chi connectivity index (χ1v) is 6.38. The summed E-state index contributed by atoms with van der Waals surface area (Å²) in [4.78, 5) is 4.22. The zero-order valence-corrected chi connectivity index (χ0v) is 10.6. The third kappa shape index (κ3) is 2.59. The van der Waals surface area contributed by atoms with Gasteiger partial charge < -0.3 is 14.5 Å². The second-order valence-corrected chi connectivity index (χ2v) is 4.84. The molecule has 18 heavy (non-hydrogen) atoms. The fourth-order valence-corrected chi connectivity index (χ4v) is 1.99. The highest BCUT2D eigenvalue weighted by atomic mass is 15.2. The Morgan fingerprint density at radius 3 is 3.00 bits per heavy atom. The van der Waals surface area contributed by atoms with Crippen molar-refractivity contribution in [2.24, 2.45) is 7.05 Å². The van der Waals surface area contributed by atoms with E-state index in [1.54, 1.807) is 6.33 Å². The molecule has 0 bridgehead atoms. The Bertz CT molecular complexity index is 510. The van der Waals surface area contributed by atoms with E-state index in [-0.39, 0.29) is 0 Å². The minimum Gasteiger partial charge on any atom is -0.333 e. The molecule has 6 heteroatoms. The lowest BCUT2D eigenvalue weighted by Gasteiger charge is -2.08. The molecule has 0 aromatic carbocycles. The number of aromatic nitrogens is 5. The maximum Gasteiger partial charge on any atom is 0.134 e. The number of imidazole rings is 1. The fraction of sp³-hybridized carbons (Fsp3) is 0.583. The van der Waals surface area contributed by atoms with Crippen LogP contribution in [0.5, 0.6) is 0 Å². The van der Waals surface area contributed by atoms with Gasteiger partial charge in [-0.05, 0) is 12.8 Å². The lowest BCUT2D eigenvalue weighted by atomic mass is 10.3. The van der Waals surface area contributed by atoms with Crippen LogP contribution in [0, 0.1) is 0 Å². The SMILES string of the molecule is Cn1cnnc1CCn1cncc1CNC1CC1. The number of rotatable bonds is 6. The average Bonchev–Trinajstić information content (AvgIpc) is 2.94. The maximum atomic E-state index is 4.22. The van der Waals surface area contributed by atoms with E-state index in [9.17, 15) is 0 Å². The molecule has 0 spiro atoms. The van der Waals surface area contributed by atoms with E-state index in [0.29, 0.717) is 0 Å². The molecule has 1 aliphatic carbocycles. The number of hydrogen-bond acceptors (Lipinski definition) is 4. The van der Waals surface area contributed by atoms with Gasteiger partial charge in [-0.25, -0.2) is 4.98 Å². The predicted octanol–water partition coefficient (Wildman–Crippen LogP) is 0.506. The first-order valence-electron chi connectivity index (χ1n) is 6.38. The normalized spacial score (nSPS) is 15.2. The standard InChI is InChI=1S/C12H18N6/c1-17-9-15-16-12(17)4-5-18-8-13-6-11(18)7-14-10-2-3-10/h6,8-10,14H,2-5,7H2,1H3. The molecule has 0 unspecified atom stereocenters. The molecule has 1 fully saturated rings. The Morgan fingerprint density at radius 2 is 2.28 bits per heavy atom. The molecule has 0 atom stereocenters. The third-order valence-corrected chi connectivity index (χ3v) is 3.33. The Morgan fingerprint density at radius 1 is 1.39 bits per heavy atom. The summed E-state index contributed by atoms with van der Waals surface area (Å²) >= 11 is 0. The quantitative estimate of drug-likeness (QED) is 0.806. The molecule has 1 aliphatic rings. The molecule has 6 nitrogen and oxygen atoms in total. The molecule has 2 aromatic heterocycles. The Labute approximate surface area is 106 Å². The van der Waals surface area contributed by atoms with Gasteiger partial charge in [0.2, 0.25) is 0 Å².